The Hall–Kier alpha value is -2.71. The maximum absolute atomic E-state index is 13.7. The molecule has 0 heterocycles. The number of carbonyl (C=O) groups excluding carboxylic acids is 1. The zero-order valence-electron chi connectivity index (χ0n) is 11.5. The molecular formula is C17H13F2NO2. The number of halogens is 2. The van der Waals surface area contributed by atoms with Crippen LogP contribution in [-0.2, 0) is 4.79 Å². The van der Waals surface area contributed by atoms with Crippen molar-refractivity contribution in [3.05, 3.63) is 65.2 Å². The number of carbonyl (C=O) groups is 1. The Morgan fingerprint density at radius 3 is 2.36 bits per heavy atom. The molecule has 112 valence electrons. The van der Waals surface area contributed by atoms with Crippen LogP contribution < -0.4 is 5.32 Å². The Labute approximate surface area is 126 Å². The molecule has 0 aliphatic heterocycles. The SMILES string of the molecule is C#Cc1cc(F)c(NC(=O)CC(O)c2ccccc2)c(F)c1. The number of benzene rings is 2. The van der Waals surface area contributed by atoms with Gasteiger partial charge in [-0.05, 0) is 17.7 Å². The van der Waals surface area contributed by atoms with Crippen molar-refractivity contribution in [2.24, 2.45) is 0 Å². The van der Waals surface area contributed by atoms with Gasteiger partial charge in [0.1, 0.15) is 5.69 Å². The topological polar surface area (TPSA) is 49.3 Å². The molecule has 2 aromatic rings. The van der Waals surface area contributed by atoms with E-state index in [4.69, 9.17) is 6.42 Å². The molecule has 0 saturated carbocycles. The van der Waals surface area contributed by atoms with Crippen LogP contribution in [0.3, 0.4) is 0 Å². The molecule has 2 aromatic carbocycles. The zero-order valence-corrected chi connectivity index (χ0v) is 11.5. The predicted octanol–water partition coefficient (Wildman–Crippen LogP) is 3.01. The van der Waals surface area contributed by atoms with Crippen molar-refractivity contribution in [1.82, 2.24) is 0 Å². The highest BCUT2D eigenvalue weighted by Crippen LogP contribution is 2.22. The fraction of sp³-hybridized carbons (Fsp3) is 0.118. The van der Waals surface area contributed by atoms with E-state index in [1.807, 2.05) is 0 Å². The highest BCUT2D eigenvalue weighted by atomic mass is 19.1. The number of hydrogen-bond acceptors (Lipinski definition) is 2. The van der Waals surface area contributed by atoms with E-state index in [9.17, 15) is 18.7 Å². The maximum atomic E-state index is 13.7. The van der Waals surface area contributed by atoms with Crippen LogP contribution in [0, 0.1) is 24.0 Å². The second kappa shape index (κ2) is 6.83. The molecule has 5 heteroatoms. The molecule has 0 spiro atoms. The fourth-order valence-corrected chi connectivity index (χ4v) is 1.93. The number of rotatable bonds is 4. The highest BCUT2D eigenvalue weighted by Gasteiger charge is 2.17. The van der Waals surface area contributed by atoms with Crippen LogP contribution in [0.1, 0.15) is 23.7 Å². The van der Waals surface area contributed by atoms with Gasteiger partial charge in [-0.15, -0.1) is 6.42 Å². The second-order valence-corrected chi connectivity index (χ2v) is 4.64. The minimum Gasteiger partial charge on any atom is -0.388 e. The number of nitrogens with one attached hydrogen (secondary N) is 1. The standard InChI is InChI=1S/C17H13F2NO2/c1-2-11-8-13(18)17(14(19)9-11)20-16(22)10-15(21)12-6-4-3-5-7-12/h1,3-9,15,21H,10H2,(H,20,22). The van der Waals surface area contributed by atoms with Gasteiger partial charge in [0.15, 0.2) is 11.6 Å². The van der Waals surface area contributed by atoms with E-state index in [-0.39, 0.29) is 12.0 Å². The summed E-state index contributed by atoms with van der Waals surface area (Å²) < 4.78 is 27.4. The van der Waals surface area contributed by atoms with E-state index in [0.717, 1.165) is 12.1 Å². The van der Waals surface area contributed by atoms with Crippen LogP contribution in [0.15, 0.2) is 42.5 Å². The van der Waals surface area contributed by atoms with Gasteiger partial charge in [-0.2, -0.15) is 0 Å². The van der Waals surface area contributed by atoms with E-state index in [1.165, 1.54) is 0 Å². The number of hydrogen-bond donors (Lipinski definition) is 2. The second-order valence-electron chi connectivity index (χ2n) is 4.64. The van der Waals surface area contributed by atoms with Gasteiger partial charge < -0.3 is 10.4 Å². The summed E-state index contributed by atoms with van der Waals surface area (Å²) in [5.74, 6) is -0.521. The van der Waals surface area contributed by atoms with Gasteiger partial charge in [-0.1, -0.05) is 36.3 Å². The van der Waals surface area contributed by atoms with E-state index in [0.29, 0.717) is 5.56 Å². The average molecular weight is 301 g/mol. The van der Waals surface area contributed by atoms with Crippen molar-refractivity contribution in [2.45, 2.75) is 12.5 Å². The first-order chi connectivity index (χ1) is 10.5. The summed E-state index contributed by atoms with van der Waals surface area (Å²) in [4.78, 5) is 11.8. The van der Waals surface area contributed by atoms with Crippen molar-refractivity contribution >= 4 is 11.6 Å². The Morgan fingerprint density at radius 1 is 1.23 bits per heavy atom. The first kappa shape index (κ1) is 15.7. The van der Waals surface area contributed by atoms with Crippen molar-refractivity contribution in [2.75, 3.05) is 5.32 Å². The quantitative estimate of drug-likeness (QED) is 0.853. The average Bonchev–Trinajstić information content (AvgIpc) is 2.51. The normalized spacial score (nSPS) is 11.5. The van der Waals surface area contributed by atoms with Crippen molar-refractivity contribution in [3.8, 4) is 12.3 Å². The molecule has 0 fully saturated rings. The lowest BCUT2D eigenvalue weighted by Gasteiger charge is -2.12. The van der Waals surface area contributed by atoms with Crippen molar-refractivity contribution in [1.29, 1.82) is 0 Å². The molecule has 1 amide bonds. The number of aliphatic hydroxyl groups is 1. The summed E-state index contributed by atoms with van der Waals surface area (Å²) in [7, 11) is 0. The first-order valence-electron chi connectivity index (χ1n) is 6.49. The summed E-state index contributed by atoms with van der Waals surface area (Å²) in [6.07, 6.45) is 3.69. The monoisotopic (exact) mass is 301 g/mol. The molecule has 0 aromatic heterocycles. The lowest BCUT2D eigenvalue weighted by molar-refractivity contribution is -0.118. The van der Waals surface area contributed by atoms with Crippen LogP contribution in [-0.4, -0.2) is 11.0 Å². The molecule has 3 nitrogen and oxygen atoms in total. The van der Waals surface area contributed by atoms with Gasteiger partial charge in [-0.25, -0.2) is 8.78 Å². The Kier molecular flexibility index (Phi) is 4.87. The van der Waals surface area contributed by atoms with Gasteiger partial charge in [0.25, 0.3) is 0 Å². The fourth-order valence-electron chi connectivity index (χ4n) is 1.93. The molecule has 1 atom stereocenters. The van der Waals surface area contributed by atoms with Crippen molar-refractivity contribution in [3.63, 3.8) is 0 Å². The Bertz CT molecular complexity index is 700. The van der Waals surface area contributed by atoms with Gasteiger partial charge in [0.2, 0.25) is 5.91 Å². The number of anilines is 1. The summed E-state index contributed by atoms with van der Waals surface area (Å²) in [6, 6.07) is 10.4. The Morgan fingerprint density at radius 2 is 1.82 bits per heavy atom. The summed E-state index contributed by atoms with van der Waals surface area (Å²) >= 11 is 0. The molecule has 0 aliphatic carbocycles. The molecule has 0 saturated heterocycles. The zero-order chi connectivity index (χ0) is 16.1. The minimum absolute atomic E-state index is 0.0392. The first-order valence-corrected chi connectivity index (χ1v) is 6.49. The minimum atomic E-state index is -1.06. The van der Waals surface area contributed by atoms with E-state index >= 15 is 0 Å². The lowest BCUT2D eigenvalue weighted by Crippen LogP contribution is -2.17. The van der Waals surface area contributed by atoms with Gasteiger partial charge >= 0.3 is 0 Å². The summed E-state index contributed by atoms with van der Waals surface area (Å²) in [5, 5.41) is 12.0. The van der Waals surface area contributed by atoms with Crippen LogP contribution in [0.5, 0.6) is 0 Å². The molecule has 0 radical (unpaired) electrons. The molecule has 22 heavy (non-hydrogen) atoms. The molecule has 1 unspecified atom stereocenters. The number of terminal acetylenes is 1. The summed E-state index contributed by atoms with van der Waals surface area (Å²) in [6.45, 7) is 0. The van der Waals surface area contributed by atoms with Crippen LogP contribution in [0.4, 0.5) is 14.5 Å². The summed E-state index contributed by atoms with van der Waals surface area (Å²) in [5.41, 5.74) is 0.00264. The maximum Gasteiger partial charge on any atom is 0.227 e. The largest absolute Gasteiger partial charge is 0.388 e. The molecular weight excluding hydrogens is 288 g/mol. The molecule has 2 N–H and O–H groups in total. The van der Waals surface area contributed by atoms with Crippen molar-refractivity contribution < 1.29 is 18.7 Å². The van der Waals surface area contributed by atoms with Gasteiger partial charge in [-0.3, -0.25) is 4.79 Å². The third-order valence-electron chi connectivity index (χ3n) is 3.04. The van der Waals surface area contributed by atoms with E-state index < -0.39 is 29.3 Å². The third kappa shape index (κ3) is 3.68. The molecule has 2 rings (SSSR count). The van der Waals surface area contributed by atoms with Gasteiger partial charge in [0.05, 0.1) is 12.5 Å². The molecule has 0 bridgehead atoms. The highest BCUT2D eigenvalue weighted by molar-refractivity contribution is 5.91. The van der Waals surface area contributed by atoms with E-state index in [1.54, 1.807) is 30.3 Å². The predicted molar refractivity (Wildman–Crippen MR) is 78.9 cm³/mol. The smallest absolute Gasteiger partial charge is 0.227 e. The van der Waals surface area contributed by atoms with Crippen LogP contribution in [0.2, 0.25) is 0 Å². The third-order valence-corrected chi connectivity index (χ3v) is 3.04. The lowest BCUT2D eigenvalue weighted by atomic mass is 10.1. The number of aliphatic hydroxyl groups excluding tert-OH is 1. The number of amides is 1. The Balaban J connectivity index is 2.09. The van der Waals surface area contributed by atoms with Crippen LogP contribution >= 0.6 is 0 Å². The van der Waals surface area contributed by atoms with E-state index in [2.05, 4.69) is 11.2 Å². The van der Waals surface area contributed by atoms with Gasteiger partial charge in [0, 0.05) is 5.56 Å². The molecule has 0 aliphatic rings. The van der Waals surface area contributed by atoms with Crippen LogP contribution in [0.25, 0.3) is 0 Å².